The topological polar surface area (TPSA) is 82.6 Å². The van der Waals surface area contributed by atoms with Gasteiger partial charge in [-0.25, -0.2) is 13.4 Å². The van der Waals surface area contributed by atoms with Crippen molar-refractivity contribution in [3.05, 3.63) is 88.2 Å². The first kappa shape index (κ1) is 26.1. The summed E-state index contributed by atoms with van der Waals surface area (Å²) in [5, 5.41) is 2.98. The lowest BCUT2D eigenvalue weighted by Crippen LogP contribution is -2.48. The van der Waals surface area contributed by atoms with Crippen molar-refractivity contribution in [2.45, 2.75) is 49.2 Å². The quantitative estimate of drug-likeness (QED) is 0.371. The minimum absolute atomic E-state index is 0.00918. The molecule has 0 atom stereocenters. The number of halogens is 2. The van der Waals surface area contributed by atoms with Crippen LogP contribution in [0.2, 0.25) is 10.3 Å². The summed E-state index contributed by atoms with van der Waals surface area (Å²) in [7, 11) is -3.66. The molecule has 2 aromatic carbocycles. The third-order valence-electron chi connectivity index (χ3n) is 6.79. The molecule has 2 heterocycles. The van der Waals surface area contributed by atoms with Gasteiger partial charge in [-0.15, -0.1) is 0 Å². The van der Waals surface area contributed by atoms with Crippen LogP contribution in [0, 0.1) is 0 Å². The van der Waals surface area contributed by atoms with Gasteiger partial charge in [0.05, 0.1) is 4.90 Å². The molecule has 1 amide bonds. The predicted molar refractivity (Wildman–Crippen MR) is 145 cm³/mol. The lowest BCUT2D eigenvalue weighted by Gasteiger charge is -2.38. The molecule has 3 aromatic rings. The van der Waals surface area contributed by atoms with Gasteiger partial charge >= 0.3 is 0 Å². The third kappa shape index (κ3) is 6.33. The smallest absolute Gasteiger partial charge is 0.255 e. The number of likely N-dealkylation sites (tertiary alicyclic amines) is 1. The number of piperidine rings is 1. The molecule has 37 heavy (non-hydrogen) atoms. The summed E-state index contributed by atoms with van der Waals surface area (Å²) in [5.41, 5.74) is 2.01. The molecule has 1 saturated carbocycles. The highest BCUT2D eigenvalue weighted by Gasteiger charge is 2.43. The van der Waals surface area contributed by atoms with Crippen LogP contribution in [-0.2, 0) is 16.6 Å². The number of rotatable bonds is 8. The van der Waals surface area contributed by atoms with Crippen molar-refractivity contribution in [2.24, 2.45) is 0 Å². The monoisotopic (exact) mass is 558 g/mol. The molecule has 7 nitrogen and oxygen atoms in total. The Bertz CT molecular complexity index is 1340. The van der Waals surface area contributed by atoms with E-state index < -0.39 is 15.9 Å². The van der Waals surface area contributed by atoms with Gasteiger partial charge in [-0.2, -0.15) is 4.31 Å². The molecule has 0 spiro atoms. The third-order valence-corrected chi connectivity index (χ3v) is 9.19. The second-order valence-electron chi connectivity index (χ2n) is 9.54. The Hall–Kier alpha value is -2.49. The van der Waals surface area contributed by atoms with Gasteiger partial charge in [0, 0.05) is 43.0 Å². The van der Waals surface area contributed by atoms with Crippen molar-refractivity contribution < 1.29 is 13.2 Å². The fraction of sp³-hybridized carbons (Fsp3) is 0.333. The van der Waals surface area contributed by atoms with E-state index in [2.05, 4.69) is 27.3 Å². The second-order valence-corrected chi connectivity index (χ2v) is 12.2. The van der Waals surface area contributed by atoms with Crippen LogP contribution in [0.25, 0.3) is 0 Å². The summed E-state index contributed by atoms with van der Waals surface area (Å²) in [6, 6.07) is 19.6. The minimum atomic E-state index is -3.66. The number of nitrogens with one attached hydrogen (secondary N) is 1. The Kier molecular flexibility index (Phi) is 7.83. The van der Waals surface area contributed by atoms with Gasteiger partial charge in [0.1, 0.15) is 10.3 Å². The maximum absolute atomic E-state index is 13.7. The maximum atomic E-state index is 13.7. The highest BCUT2D eigenvalue weighted by molar-refractivity contribution is 7.89. The number of carbonyl (C=O) groups excluding carboxylic acids is 1. The molecular formula is C27H28Cl2N4O3S. The van der Waals surface area contributed by atoms with Crippen molar-refractivity contribution in [3.8, 4) is 0 Å². The zero-order valence-electron chi connectivity index (χ0n) is 20.2. The summed E-state index contributed by atoms with van der Waals surface area (Å²) < 4.78 is 29.2. The molecule has 0 bridgehead atoms. The Balaban J connectivity index is 1.25. The average molecular weight is 560 g/mol. The Morgan fingerprint density at radius 1 is 0.919 bits per heavy atom. The lowest BCUT2D eigenvalue weighted by molar-refractivity contribution is 0.102. The number of anilines is 1. The predicted octanol–water partition coefficient (Wildman–Crippen LogP) is 5.46. The number of nitrogens with zero attached hydrogens (tertiary/aromatic N) is 3. The molecule has 0 unspecified atom stereocenters. The first-order chi connectivity index (χ1) is 17.8. The summed E-state index contributed by atoms with van der Waals surface area (Å²) in [6.07, 6.45) is 3.42. The van der Waals surface area contributed by atoms with E-state index in [1.807, 2.05) is 18.2 Å². The van der Waals surface area contributed by atoms with Gasteiger partial charge in [-0.3, -0.25) is 9.69 Å². The van der Waals surface area contributed by atoms with Gasteiger partial charge in [0.25, 0.3) is 5.91 Å². The van der Waals surface area contributed by atoms with Crippen molar-refractivity contribution >= 4 is 44.8 Å². The van der Waals surface area contributed by atoms with E-state index in [9.17, 15) is 13.2 Å². The molecule has 5 rings (SSSR count). The van der Waals surface area contributed by atoms with Gasteiger partial charge in [0.15, 0.2) is 0 Å². The van der Waals surface area contributed by atoms with Crippen molar-refractivity contribution in [2.75, 3.05) is 18.4 Å². The number of hydrogen-bond donors (Lipinski definition) is 1. The summed E-state index contributed by atoms with van der Waals surface area (Å²) >= 11 is 11.8. The van der Waals surface area contributed by atoms with Crippen LogP contribution in [0.15, 0.2) is 71.6 Å². The number of pyridine rings is 1. The van der Waals surface area contributed by atoms with Gasteiger partial charge < -0.3 is 5.32 Å². The van der Waals surface area contributed by atoms with Gasteiger partial charge in [0.2, 0.25) is 10.0 Å². The first-order valence-corrected chi connectivity index (χ1v) is 14.5. The largest absolute Gasteiger partial charge is 0.322 e. The van der Waals surface area contributed by atoms with Crippen LogP contribution < -0.4 is 5.32 Å². The fourth-order valence-electron chi connectivity index (χ4n) is 4.82. The Morgan fingerprint density at radius 2 is 1.51 bits per heavy atom. The average Bonchev–Trinajstić information content (AvgIpc) is 3.70. The second kappa shape index (κ2) is 11.1. The SMILES string of the molecule is O=C(Nc1ccc(S(=O)(=O)N(C2CC2)C2CCN(Cc3ccccc3)CC2)cc1)c1cc(Cl)nc(Cl)c1. The highest BCUT2D eigenvalue weighted by Crippen LogP contribution is 2.37. The number of hydrogen-bond acceptors (Lipinski definition) is 5. The van der Waals surface area contributed by atoms with Crippen LogP contribution in [0.5, 0.6) is 0 Å². The number of carbonyl (C=O) groups is 1. The zero-order chi connectivity index (χ0) is 26.0. The van der Waals surface area contributed by atoms with E-state index in [-0.39, 0.29) is 32.8 Å². The van der Waals surface area contributed by atoms with Gasteiger partial charge in [-0.05, 0) is 67.6 Å². The molecule has 1 saturated heterocycles. The van der Waals surface area contributed by atoms with E-state index in [1.165, 1.54) is 17.7 Å². The maximum Gasteiger partial charge on any atom is 0.255 e. The minimum Gasteiger partial charge on any atom is -0.322 e. The van der Waals surface area contributed by atoms with Crippen molar-refractivity contribution in [1.29, 1.82) is 0 Å². The van der Waals surface area contributed by atoms with E-state index in [4.69, 9.17) is 23.2 Å². The van der Waals surface area contributed by atoms with Crippen LogP contribution >= 0.6 is 23.2 Å². The van der Waals surface area contributed by atoms with Crippen LogP contribution in [0.1, 0.15) is 41.6 Å². The van der Waals surface area contributed by atoms with Crippen molar-refractivity contribution in [3.63, 3.8) is 0 Å². The molecule has 194 valence electrons. The molecule has 0 radical (unpaired) electrons. The van der Waals surface area contributed by atoms with E-state index in [1.54, 1.807) is 28.6 Å². The van der Waals surface area contributed by atoms with Crippen LogP contribution in [0.3, 0.4) is 0 Å². The fourth-order valence-corrected chi connectivity index (χ4v) is 7.21. The molecule has 2 aliphatic rings. The molecule has 1 N–H and O–H groups in total. The summed E-state index contributed by atoms with van der Waals surface area (Å²) in [4.78, 5) is 19.0. The Labute approximate surface area is 227 Å². The Morgan fingerprint density at radius 3 is 2.11 bits per heavy atom. The number of benzene rings is 2. The molecule has 2 fully saturated rings. The molecule has 1 aliphatic heterocycles. The van der Waals surface area contributed by atoms with E-state index in [0.29, 0.717) is 5.69 Å². The highest BCUT2D eigenvalue weighted by atomic mass is 35.5. The zero-order valence-corrected chi connectivity index (χ0v) is 22.5. The van der Waals surface area contributed by atoms with E-state index >= 15 is 0 Å². The molecule has 10 heteroatoms. The standard InChI is InChI=1S/C27H28Cl2N4O3S/c28-25-16-20(17-26(29)31-25)27(34)30-21-6-10-24(11-7-21)37(35,36)33(22-8-9-22)23-12-14-32(15-13-23)18-19-4-2-1-3-5-19/h1-7,10-11,16-17,22-23H,8-9,12-15,18H2,(H,30,34). The first-order valence-electron chi connectivity index (χ1n) is 12.3. The normalized spacial score (nSPS) is 17.2. The summed E-state index contributed by atoms with van der Waals surface area (Å²) in [6.45, 7) is 2.62. The van der Waals surface area contributed by atoms with Gasteiger partial charge in [-0.1, -0.05) is 53.5 Å². The molecule has 1 aliphatic carbocycles. The molecule has 1 aromatic heterocycles. The number of sulfonamides is 1. The number of aromatic nitrogens is 1. The van der Waals surface area contributed by atoms with Crippen molar-refractivity contribution in [1.82, 2.24) is 14.2 Å². The van der Waals surface area contributed by atoms with Crippen LogP contribution in [0.4, 0.5) is 5.69 Å². The van der Waals surface area contributed by atoms with Crippen LogP contribution in [-0.4, -0.2) is 53.7 Å². The molecular weight excluding hydrogens is 531 g/mol. The summed E-state index contributed by atoms with van der Waals surface area (Å²) in [5.74, 6) is -0.413. The lowest BCUT2D eigenvalue weighted by atomic mass is 10.0. The number of amides is 1. The van der Waals surface area contributed by atoms with E-state index in [0.717, 1.165) is 45.3 Å².